The van der Waals surface area contributed by atoms with Crippen LogP contribution in [-0.2, 0) is 10.3 Å². The molecule has 0 saturated heterocycles. The third-order valence-corrected chi connectivity index (χ3v) is 3.24. The molecule has 0 atom stereocenters. The highest BCUT2D eigenvalue weighted by Crippen LogP contribution is 2.20. The molecular weight excluding hydrogens is 246 g/mol. The Morgan fingerprint density at radius 3 is 2.58 bits per heavy atom. The lowest BCUT2D eigenvalue weighted by molar-refractivity contribution is -0.145. The van der Waals surface area contributed by atoms with Crippen LogP contribution in [0.25, 0.3) is 10.8 Å². The highest BCUT2D eigenvalue weighted by atomic mass is 16.5. The maximum atomic E-state index is 12.3. The molecule has 19 heavy (non-hydrogen) atoms. The third kappa shape index (κ3) is 2.07. The van der Waals surface area contributed by atoms with E-state index < -0.39 is 11.5 Å². The second kappa shape index (κ2) is 4.42. The molecule has 0 aliphatic rings. The summed E-state index contributed by atoms with van der Waals surface area (Å²) >= 11 is 0. The zero-order valence-corrected chi connectivity index (χ0v) is 11.0. The predicted octanol–water partition coefficient (Wildman–Crippen LogP) is 1.83. The monoisotopic (exact) mass is 261 g/mol. The van der Waals surface area contributed by atoms with E-state index in [1.165, 1.54) is 24.6 Å². The molecule has 100 valence electrons. The summed E-state index contributed by atoms with van der Waals surface area (Å²) in [6.07, 6.45) is 1.50. The SMILES string of the molecule is COc1ccc2c(=O)n(C(C)(C)C(=O)O)ccc2c1. The van der Waals surface area contributed by atoms with Gasteiger partial charge in [-0.2, -0.15) is 0 Å². The molecule has 1 heterocycles. The first-order chi connectivity index (χ1) is 8.87. The molecule has 2 aromatic rings. The third-order valence-electron chi connectivity index (χ3n) is 3.24. The molecular formula is C14H15NO4. The fourth-order valence-corrected chi connectivity index (χ4v) is 1.90. The molecule has 0 amide bonds. The summed E-state index contributed by atoms with van der Waals surface area (Å²) in [6, 6.07) is 6.78. The smallest absolute Gasteiger partial charge is 0.329 e. The van der Waals surface area contributed by atoms with Gasteiger partial charge in [0.15, 0.2) is 0 Å². The number of nitrogens with zero attached hydrogens (tertiary/aromatic N) is 1. The van der Waals surface area contributed by atoms with Crippen molar-refractivity contribution in [3.05, 3.63) is 40.8 Å². The van der Waals surface area contributed by atoms with Gasteiger partial charge in [-0.3, -0.25) is 9.36 Å². The summed E-state index contributed by atoms with van der Waals surface area (Å²) in [7, 11) is 1.55. The lowest BCUT2D eigenvalue weighted by Gasteiger charge is -2.22. The van der Waals surface area contributed by atoms with Gasteiger partial charge in [-0.1, -0.05) is 0 Å². The molecule has 2 rings (SSSR count). The van der Waals surface area contributed by atoms with Crippen molar-refractivity contribution in [2.24, 2.45) is 0 Å². The van der Waals surface area contributed by atoms with E-state index in [0.29, 0.717) is 11.1 Å². The van der Waals surface area contributed by atoms with E-state index in [-0.39, 0.29) is 5.56 Å². The van der Waals surface area contributed by atoms with Crippen LogP contribution in [0, 0.1) is 0 Å². The average Bonchev–Trinajstić information content (AvgIpc) is 2.38. The van der Waals surface area contributed by atoms with Crippen LogP contribution in [0.3, 0.4) is 0 Å². The Balaban J connectivity index is 2.72. The molecule has 0 bridgehead atoms. The van der Waals surface area contributed by atoms with Gasteiger partial charge in [0.1, 0.15) is 11.3 Å². The maximum Gasteiger partial charge on any atom is 0.329 e. The molecule has 0 radical (unpaired) electrons. The summed E-state index contributed by atoms with van der Waals surface area (Å²) < 4.78 is 6.32. The second-order valence-corrected chi connectivity index (χ2v) is 4.81. The first-order valence-corrected chi connectivity index (χ1v) is 5.81. The molecule has 5 nitrogen and oxygen atoms in total. The molecule has 5 heteroatoms. The molecule has 0 spiro atoms. The number of hydrogen-bond acceptors (Lipinski definition) is 3. The van der Waals surface area contributed by atoms with Crippen molar-refractivity contribution in [1.29, 1.82) is 0 Å². The van der Waals surface area contributed by atoms with Crippen molar-refractivity contribution in [1.82, 2.24) is 4.57 Å². The van der Waals surface area contributed by atoms with E-state index in [1.54, 1.807) is 31.4 Å². The van der Waals surface area contributed by atoms with E-state index in [2.05, 4.69) is 0 Å². The number of carboxylic acid groups (broad SMARTS) is 1. The van der Waals surface area contributed by atoms with E-state index >= 15 is 0 Å². The number of methoxy groups -OCH3 is 1. The quantitative estimate of drug-likeness (QED) is 0.915. The zero-order chi connectivity index (χ0) is 14.2. The van der Waals surface area contributed by atoms with Crippen LogP contribution in [0.1, 0.15) is 13.8 Å². The van der Waals surface area contributed by atoms with Gasteiger partial charge < -0.3 is 9.84 Å². The normalized spacial score (nSPS) is 11.5. The topological polar surface area (TPSA) is 68.5 Å². The van der Waals surface area contributed by atoms with Crippen molar-refractivity contribution >= 4 is 16.7 Å². The number of fused-ring (bicyclic) bond motifs is 1. The summed E-state index contributed by atoms with van der Waals surface area (Å²) in [5, 5.41) is 10.4. The van der Waals surface area contributed by atoms with Crippen LogP contribution in [0.15, 0.2) is 35.3 Å². The summed E-state index contributed by atoms with van der Waals surface area (Å²) in [6.45, 7) is 2.98. The van der Waals surface area contributed by atoms with Gasteiger partial charge >= 0.3 is 5.97 Å². The number of benzene rings is 1. The molecule has 0 fully saturated rings. The van der Waals surface area contributed by atoms with Crippen molar-refractivity contribution < 1.29 is 14.6 Å². The Bertz CT molecular complexity index is 700. The van der Waals surface area contributed by atoms with Gasteiger partial charge in [-0.25, -0.2) is 4.79 Å². The van der Waals surface area contributed by atoms with Crippen LogP contribution < -0.4 is 10.3 Å². The number of aliphatic carboxylic acids is 1. The summed E-state index contributed by atoms with van der Waals surface area (Å²) in [5.74, 6) is -0.399. The highest BCUT2D eigenvalue weighted by Gasteiger charge is 2.30. The summed E-state index contributed by atoms with van der Waals surface area (Å²) in [5.41, 5.74) is -1.61. The van der Waals surface area contributed by atoms with E-state index in [1.807, 2.05) is 0 Å². The molecule has 1 aromatic carbocycles. The van der Waals surface area contributed by atoms with Gasteiger partial charge in [0.25, 0.3) is 5.56 Å². The Kier molecular flexibility index (Phi) is 3.06. The molecule has 0 unspecified atom stereocenters. The largest absolute Gasteiger partial charge is 0.497 e. The van der Waals surface area contributed by atoms with E-state index in [4.69, 9.17) is 4.74 Å². The van der Waals surface area contributed by atoms with Crippen LogP contribution in [-0.4, -0.2) is 22.8 Å². The standard InChI is InChI=1S/C14H15NO4/c1-14(2,13(17)18)15-7-6-9-8-10(19-3)4-5-11(9)12(15)16/h4-8H,1-3H3,(H,17,18). The van der Waals surface area contributed by atoms with Gasteiger partial charge in [0, 0.05) is 11.6 Å². The molecule has 0 aliphatic heterocycles. The van der Waals surface area contributed by atoms with Crippen molar-refractivity contribution in [2.75, 3.05) is 7.11 Å². The Labute approximate surface area is 110 Å². The number of hydrogen-bond donors (Lipinski definition) is 1. The van der Waals surface area contributed by atoms with Crippen LogP contribution >= 0.6 is 0 Å². The molecule has 1 aromatic heterocycles. The first kappa shape index (κ1) is 13.1. The zero-order valence-electron chi connectivity index (χ0n) is 11.0. The molecule has 0 aliphatic carbocycles. The van der Waals surface area contributed by atoms with Gasteiger partial charge in [0.2, 0.25) is 0 Å². The fraction of sp³-hybridized carbons (Fsp3) is 0.286. The minimum absolute atomic E-state index is 0.326. The summed E-state index contributed by atoms with van der Waals surface area (Å²) in [4.78, 5) is 23.6. The van der Waals surface area contributed by atoms with Gasteiger partial charge in [0.05, 0.1) is 7.11 Å². The minimum atomic E-state index is -1.29. The van der Waals surface area contributed by atoms with Gasteiger partial charge in [-0.15, -0.1) is 0 Å². The molecule has 0 saturated carbocycles. The van der Waals surface area contributed by atoms with Crippen molar-refractivity contribution in [3.63, 3.8) is 0 Å². The maximum absolute atomic E-state index is 12.3. The fourth-order valence-electron chi connectivity index (χ4n) is 1.90. The Morgan fingerprint density at radius 1 is 1.32 bits per heavy atom. The first-order valence-electron chi connectivity index (χ1n) is 5.81. The Hall–Kier alpha value is -2.30. The van der Waals surface area contributed by atoms with E-state index in [0.717, 1.165) is 5.39 Å². The Morgan fingerprint density at radius 2 is 2.00 bits per heavy atom. The number of carboxylic acids is 1. The number of ether oxygens (including phenoxy) is 1. The van der Waals surface area contributed by atoms with Crippen molar-refractivity contribution in [2.45, 2.75) is 19.4 Å². The predicted molar refractivity (Wildman–Crippen MR) is 71.7 cm³/mol. The highest BCUT2D eigenvalue weighted by molar-refractivity contribution is 5.84. The molecule has 1 N–H and O–H groups in total. The van der Waals surface area contributed by atoms with E-state index in [9.17, 15) is 14.7 Å². The number of pyridine rings is 1. The van der Waals surface area contributed by atoms with Crippen LogP contribution in [0.4, 0.5) is 0 Å². The lowest BCUT2D eigenvalue weighted by atomic mass is 10.0. The van der Waals surface area contributed by atoms with Crippen molar-refractivity contribution in [3.8, 4) is 5.75 Å². The number of rotatable bonds is 3. The second-order valence-electron chi connectivity index (χ2n) is 4.81. The van der Waals surface area contributed by atoms with Gasteiger partial charge in [-0.05, 0) is 43.5 Å². The number of carbonyl (C=O) groups is 1. The lowest BCUT2D eigenvalue weighted by Crippen LogP contribution is -2.42. The van der Waals surface area contributed by atoms with Crippen LogP contribution in [0.5, 0.6) is 5.75 Å². The van der Waals surface area contributed by atoms with Crippen LogP contribution in [0.2, 0.25) is 0 Å². The number of aromatic nitrogens is 1. The average molecular weight is 261 g/mol. The minimum Gasteiger partial charge on any atom is -0.497 e.